The normalized spacial score (nSPS) is 18.2. The summed E-state index contributed by atoms with van der Waals surface area (Å²) in [5, 5.41) is 0. The summed E-state index contributed by atoms with van der Waals surface area (Å²) < 4.78 is 10.1. The van der Waals surface area contributed by atoms with Crippen molar-refractivity contribution in [3.8, 4) is 0 Å². The predicted octanol–water partition coefficient (Wildman–Crippen LogP) is 3.13. The van der Waals surface area contributed by atoms with Gasteiger partial charge < -0.3 is 9.47 Å². The van der Waals surface area contributed by atoms with E-state index < -0.39 is 6.16 Å². The highest BCUT2D eigenvalue weighted by molar-refractivity contribution is 5.60. The van der Waals surface area contributed by atoms with E-state index in [0.717, 1.165) is 12.8 Å². The van der Waals surface area contributed by atoms with Crippen LogP contribution in [0.25, 0.3) is 0 Å². The van der Waals surface area contributed by atoms with E-state index in [0.29, 0.717) is 12.5 Å². The molecule has 14 heavy (non-hydrogen) atoms. The quantitative estimate of drug-likeness (QED) is 0.656. The Hall–Kier alpha value is -0.730. The maximum atomic E-state index is 11.2. The van der Waals surface area contributed by atoms with E-state index in [1.54, 1.807) is 0 Å². The topological polar surface area (TPSA) is 35.5 Å². The zero-order valence-corrected chi connectivity index (χ0v) is 9.12. The van der Waals surface area contributed by atoms with Crippen molar-refractivity contribution in [1.82, 2.24) is 0 Å². The lowest BCUT2D eigenvalue weighted by atomic mass is 9.98. The summed E-state index contributed by atoms with van der Waals surface area (Å²) in [6.07, 6.45) is 5.20. The van der Waals surface area contributed by atoms with Gasteiger partial charge in [0.05, 0.1) is 6.61 Å². The third-order valence-corrected chi connectivity index (χ3v) is 2.35. The molecule has 1 rings (SSSR count). The second-order valence-corrected chi connectivity index (χ2v) is 4.33. The lowest BCUT2D eigenvalue weighted by Gasteiger charge is -2.21. The molecule has 0 heterocycles. The molecular formula is C11H20O3. The molecule has 1 fully saturated rings. The first-order valence-electron chi connectivity index (χ1n) is 5.52. The summed E-state index contributed by atoms with van der Waals surface area (Å²) in [5.74, 6) is 0.369. The van der Waals surface area contributed by atoms with Gasteiger partial charge in [0.25, 0.3) is 0 Å². The minimum atomic E-state index is -0.495. The van der Waals surface area contributed by atoms with E-state index in [4.69, 9.17) is 9.47 Å². The molecule has 0 unspecified atom stereocenters. The zero-order valence-electron chi connectivity index (χ0n) is 9.12. The first kappa shape index (κ1) is 11.3. The average molecular weight is 200 g/mol. The van der Waals surface area contributed by atoms with Gasteiger partial charge in [-0.1, -0.05) is 20.3 Å². The smallest absolute Gasteiger partial charge is 0.434 e. The highest BCUT2D eigenvalue weighted by Crippen LogP contribution is 2.20. The number of ether oxygens (including phenoxy) is 2. The number of hydrogen-bond acceptors (Lipinski definition) is 3. The van der Waals surface area contributed by atoms with Crippen molar-refractivity contribution in [2.45, 2.75) is 52.1 Å². The van der Waals surface area contributed by atoms with Crippen LogP contribution in [0, 0.1) is 5.92 Å². The first-order chi connectivity index (χ1) is 6.68. The molecule has 0 aliphatic heterocycles. The van der Waals surface area contributed by atoms with E-state index in [1.807, 2.05) is 13.8 Å². The number of carbonyl (C=O) groups is 1. The maximum Gasteiger partial charge on any atom is 0.508 e. The van der Waals surface area contributed by atoms with Crippen LogP contribution in [0.15, 0.2) is 0 Å². The van der Waals surface area contributed by atoms with Gasteiger partial charge >= 0.3 is 6.16 Å². The Bertz CT molecular complexity index is 171. The van der Waals surface area contributed by atoms with Gasteiger partial charge in [0.15, 0.2) is 0 Å². The van der Waals surface area contributed by atoms with Crippen molar-refractivity contribution in [2.75, 3.05) is 6.61 Å². The largest absolute Gasteiger partial charge is 0.508 e. The Labute approximate surface area is 85.8 Å². The third kappa shape index (κ3) is 4.49. The van der Waals surface area contributed by atoms with Gasteiger partial charge in [0.1, 0.15) is 6.10 Å². The van der Waals surface area contributed by atoms with Crippen molar-refractivity contribution in [3.05, 3.63) is 0 Å². The fraction of sp³-hybridized carbons (Fsp3) is 0.909. The van der Waals surface area contributed by atoms with Crippen LogP contribution in [0.4, 0.5) is 4.79 Å². The number of carbonyl (C=O) groups excluding carboxylic acids is 1. The van der Waals surface area contributed by atoms with Crippen LogP contribution >= 0.6 is 0 Å². The molecule has 0 bridgehead atoms. The molecule has 0 N–H and O–H groups in total. The van der Waals surface area contributed by atoms with Crippen LogP contribution in [0.2, 0.25) is 0 Å². The Morgan fingerprint density at radius 2 is 1.93 bits per heavy atom. The SMILES string of the molecule is CC(C)COC(=O)OC1CCCCC1. The van der Waals surface area contributed by atoms with Gasteiger partial charge in [-0.15, -0.1) is 0 Å². The minimum Gasteiger partial charge on any atom is -0.434 e. The summed E-state index contributed by atoms with van der Waals surface area (Å²) in [7, 11) is 0. The minimum absolute atomic E-state index is 0.100. The monoisotopic (exact) mass is 200 g/mol. The fourth-order valence-electron chi connectivity index (χ4n) is 1.59. The molecule has 82 valence electrons. The Morgan fingerprint density at radius 3 is 2.50 bits per heavy atom. The second kappa shape index (κ2) is 5.89. The van der Waals surface area contributed by atoms with Crippen LogP contribution in [0.5, 0.6) is 0 Å². The number of hydrogen-bond donors (Lipinski definition) is 0. The molecule has 1 saturated carbocycles. The molecular weight excluding hydrogens is 180 g/mol. The molecule has 0 atom stereocenters. The third-order valence-electron chi connectivity index (χ3n) is 2.35. The standard InChI is InChI=1S/C11H20O3/c1-9(2)8-13-11(12)14-10-6-4-3-5-7-10/h9-10H,3-8H2,1-2H3. The Balaban J connectivity index is 2.12. The van der Waals surface area contributed by atoms with Crippen molar-refractivity contribution < 1.29 is 14.3 Å². The van der Waals surface area contributed by atoms with E-state index in [-0.39, 0.29) is 6.10 Å². The lowest BCUT2D eigenvalue weighted by Crippen LogP contribution is -2.22. The maximum absolute atomic E-state index is 11.2. The van der Waals surface area contributed by atoms with Crippen molar-refractivity contribution in [3.63, 3.8) is 0 Å². The van der Waals surface area contributed by atoms with E-state index >= 15 is 0 Å². The molecule has 0 aromatic heterocycles. The van der Waals surface area contributed by atoms with Gasteiger partial charge in [0.2, 0.25) is 0 Å². The summed E-state index contributed by atoms with van der Waals surface area (Å²) in [4.78, 5) is 11.2. The summed E-state index contributed by atoms with van der Waals surface area (Å²) in [6, 6.07) is 0. The van der Waals surface area contributed by atoms with Gasteiger partial charge in [-0.05, 0) is 31.6 Å². The highest BCUT2D eigenvalue weighted by Gasteiger charge is 2.18. The molecule has 0 spiro atoms. The van der Waals surface area contributed by atoms with Crippen molar-refractivity contribution in [1.29, 1.82) is 0 Å². The summed E-state index contributed by atoms with van der Waals surface area (Å²) in [6.45, 7) is 4.47. The van der Waals surface area contributed by atoms with E-state index in [2.05, 4.69) is 0 Å². The predicted molar refractivity (Wildman–Crippen MR) is 54.1 cm³/mol. The molecule has 0 amide bonds. The summed E-state index contributed by atoms with van der Waals surface area (Å²) >= 11 is 0. The van der Waals surface area contributed by atoms with Crippen molar-refractivity contribution in [2.24, 2.45) is 5.92 Å². The average Bonchev–Trinajstić information content (AvgIpc) is 2.16. The van der Waals surface area contributed by atoms with Crippen LogP contribution < -0.4 is 0 Å². The fourth-order valence-corrected chi connectivity index (χ4v) is 1.59. The molecule has 0 radical (unpaired) electrons. The highest BCUT2D eigenvalue weighted by atomic mass is 16.7. The van der Waals surface area contributed by atoms with Gasteiger partial charge in [-0.3, -0.25) is 0 Å². The second-order valence-electron chi connectivity index (χ2n) is 4.33. The molecule has 1 aliphatic carbocycles. The van der Waals surface area contributed by atoms with Crippen molar-refractivity contribution >= 4 is 6.16 Å². The zero-order chi connectivity index (χ0) is 10.4. The molecule has 3 heteroatoms. The van der Waals surface area contributed by atoms with Crippen LogP contribution in [0.3, 0.4) is 0 Å². The van der Waals surface area contributed by atoms with E-state index in [1.165, 1.54) is 19.3 Å². The first-order valence-corrected chi connectivity index (χ1v) is 5.52. The Kier molecular flexibility index (Phi) is 4.77. The molecule has 0 aromatic carbocycles. The lowest BCUT2D eigenvalue weighted by molar-refractivity contribution is 0.00634. The Morgan fingerprint density at radius 1 is 1.29 bits per heavy atom. The van der Waals surface area contributed by atoms with Gasteiger partial charge in [0, 0.05) is 0 Å². The van der Waals surface area contributed by atoms with Gasteiger partial charge in [-0.2, -0.15) is 0 Å². The number of rotatable bonds is 3. The van der Waals surface area contributed by atoms with Crippen LogP contribution in [-0.2, 0) is 9.47 Å². The van der Waals surface area contributed by atoms with E-state index in [9.17, 15) is 4.79 Å². The summed E-state index contributed by atoms with van der Waals surface area (Å²) in [5.41, 5.74) is 0. The molecule has 3 nitrogen and oxygen atoms in total. The molecule has 1 aliphatic rings. The van der Waals surface area contributed by atoms with Gasteiger partial charge in [-0.25, -0.2) is 4.79 Å². The molecule has 0 aromatic rings. The van der Waals surface area contributed by atoms with Crippen LogP contribution in [-0.4, -0.2) is 18.9 Å². The van der Waals surface area contributed by atoms with Crippen LogP contribution in [0.1, 0.15) is 46.0 Å². The molecule has 0 saturated heterocycles.